The highest BCUT2D eigenvalue weighted by Crippen LogP contribution is 2.77. The highest BCUT2D eigenvalue weighted by atomic mass is 32.1. The Balaban J connectivity index is 1.88. The van der Waals surface area contributed by atoms with Crippen LogP contribution in [0.2, 0.25) is 0 Å². The standard InChI is InChI=1S/C10H16S/c1-5-3-6-7-4-8(11)10(7,2)9(5)6/h5-9,11H,3-4H2,1-2H3. The van der Waals surface area contributed by atoms with Gasteiger partial charge < -0.3 is 0 Å². The maximum Gasteiger partial charge on any atom is 0.00792 e. The Bertz CT molecular complexity index is 213. The first-order valence-electron chi connectivity index (χ1n) is 4.83. The molecule has 3 aliphatic rings. The van der Waals surface area contributed by atoms with Gasteiger partial charge in [0.15, 0.2) is 0 Å². The third kappa shape index (κ3) is 0.491. The van der Waals surface area contributed by atoms with Gasteiger partial charge in [-0.1, -0.05) is 13.8 Å². The topological polar surface area (TPSA) is 0 Å². The molecule has 0 aromatic heterocycles. The molecule has 3 saturated carbocycles. The van der Waals surface area contributed by atoms with Crippen LogP contribution in [0.3, 0.4) is 0 Å². The fourth-order valence-electron chi connectivity index (χ4n) is 4.26. The van der Waals surface area contributed by atoms with Gasteiger partial charge in [-0.3, -0.25) is 0 Å². The molecule has 3 fully saturated rings. The lowest BCUT2D eigenvalue weighted by atomic mass is 9.29. The summed E-state index contributed by atoms with van der Waals surface area (Å²) in [7, 11) is 0. The second-order valence-electron chi connectivity index (χ2n) is 5.13. The highest BCUT2D eigenvalue weighted by molar-refractivity contribution is 7.81. The van der Waals surface area contributed by atoms with E-state index in [-0.39, 0.29) is 0 Å². The Morgan fingerprint density at radius 3 is 2.55 bits per heavy atom. The zero-order chi connectivity index (χ0) is 7.80. The Morgan fingerprint density at radius 2 is 2.09 bits per heavy atom. The molecule has 0 amide bonds. The minimum atomic E-state index is 0.672. The molecule has 6 unspecified atom stereocenters. The zero-order valence-electron chi connectivity index (χ0n) is 7.25. The van der Waals surface area contributed by atoms with E-state index in [1.165, 1.54) is 12.8 Å². The van der Waals surface area contributed by atoms with Crippen LogP contribution in [0.4, 0.5) is 0 Å². The molecule has 6 atom stereocenters. The predicted molar refractivity (Wildman–Crippen MR) is 49.7 cm³/mol. The molecule has 0 aromatic carbocycles. The van der Waals surface area contributed by atoms with Crippen molar-refractivity contribution >= 4 is 12.6 Å². The molecule has 11 heavy (non-hydrogen) atoms. The van der Waals surface area contributed by atoms with Crippen LogP contribution in [-0.4, -0.2) is 5.25 Å². The van der Waals surface area contributed by atoms with Crippen LogP contribution >= 0.6 is 12.6 Å². The minimum Gasteiger partial charge on any atom is -0.175 e. The first-order valence-corrected chi connectivity index (χ1v) is 5.35. The lowest BCUT2D eigenvalue weighted by Crippen LogP contribution is -2.74. The smallest absolute Gasteiger partial charge is 0.00792 e. The van der Waals surface area contributed by atoms with Crippen molar-refractivity contribution in [3.63, 3.8) is 0 Å². The van der Waals surface area contributed by atoms with Crippen molar-refractivity contribution in [3.8, 4) is 0 Å². The van der Waals surface area contributed by atoms with E-state index >= 15 is 0 Å². The Morgan fingerprint density at radius 1 is 1.36 bits per heavy atom. The van der Waals surface area contributed by atoms with Gasteiger partial charge in [-0.25, -0.2) is 0 Å². The minimum absolute atomic E-state index is 0.672. The maximum atomic E-state index is 4.65. The lowest BCUT2D eigenvalue weighted by Gasteiger charge is -2.77. The molecule has 1 heteroatoms. The van der Waals surface area contributed by atoms with E-state index in [1.54, 1.807) is 0 Å². The summed E-state index contributed by atoms with van der Waals surface area (Å²) in [6, 6.07) is 0. The van der Waals surface area contributed by atoms with Crippen LogP contribution < -0.4 is 0 Å². The molecule has 0 aliphatic heterocycles. The maximum absolute atomic E-state index is 4.65. The molecular formula is C10H16S. The molecule has 62 valence electrons. The lowest BCUT2D eigenvalue weighted by molar-refractivity contribution is -0.263. The molecule has 0 N–H and O–H groups in total. The third-order valence-corrected chi connectivity index (χ3v) is 5.71. The number of fused-ring (bicyclic) bond motifs is 4. The van der Waals surface area contributed by atoms with Crippen molar-refractivity contribution in [2.75, 3.05) is 0 Å². The number of hydrogen-bond acceptors (Lipinski definition) is 1. The second kappa shape index (κ2) is 1.66. The van der Waals surface area contributed by atoms with Crippen LogP contribution in [0.5, 0.6) is 0 Å². The predicted octanol–water partition coefficient (Wildman–Crippen LogP) is 2.60. The summed E-state index contributed by atoms with van der Waals surface area (Å²) in [5.74, 6) is 4.27. The van der Waals surface area contributed by atoms with E-state index in [2.05, 4.69) is 26.5 Å². The fraction of sp³-hybridized carbons (Fsp3) is 1.00. The van der Waals surface area contributed by atoms with Gasteiger partial charge in [-0.05, 0) is 41.9 Å². The van der Waals surface area contributed by atoms with Gasteiger partial charge in [0.25, 0.3) is 0 Å². The van der Waals surface area contributed by atoms with Gasteiger partial charge in [-0.2, -0.15) is 12.6 Å². The largest absolute Gasteiger partial charge is 0.175 e. The molecule has 0 saturated heterocycles. The molecule has 0 spiro atoms. The van der Waals surface area contributed by atoms with Gasteiger partial charge in [-0.15, -0.1) is 0 Å². The van der Waals surface area contributed by atoms with Gasteiger partial charge in [0, 0.05) is 5.25 Å². The molecule has 0 heterocycles. The van der Waals surface area contributed by atoms with E-state index in [0.717, 1.165) is 28.9 Å². The quantitative estimate of drug-likeness (QED) is 0.528. The van der Waals surface area contributed by atoms with Crippen molar-refractivity contribution < 1.29 is 0 Å². The van der Waals surface area contributed by atoms with Crippen molar-refractivity contribution in [2.45, 2.75) is 31.9 Å². The van der Waals surface area contributed by atoms with Crippen LogP contribution in [0.15, 0.2) is 0 Å². The summed E-state index contributed by atoms with van der Waals surface area (Å²) >= 11 is 4.65. The van der Waals surface area contributed by atoms with E-state index in [0.29, 0.717) is 5.41 Å². The van der Waals surface area contributed by atoms with Gasteiger partial charge in [0.1, 0.15) is 0 Å². The van der Waals surface area contributed by atoms with Gasteiger partial charge in [0.05, 0.1) is 0 Å². The van der Waals surface area contributed by atoms with Crippen molar-refractivity contribution in [1.82, 2.24) is 0 Å². The van der Waals surface area contributed by atoms with Gasteiger partial charge in [0.2, 0.25) is 0 Å². The summed E-state index contributed by atoms with van der Waals surface area (Å²) in [6.07, 6.45) is 2.93. The zero-order valence-corrected chi connectivity index (χ0v) is 8.14. The van der Waals surface area contributed by atoms with Crippen LogP contribution in [-0.2, 0) is 0 Å². The molecule has 0 radical (unpaired) electrons. The molecule has 3 rings (SSSR count). The summed E-state index contributed by atoms with van der Waals surface area (Å²) < 4.78 is 0. The highest BCUT2D eigenvalue weighted by Gasteiger charge is 2.72. The van der Waals surface area contributed by atoms with Gasteiger partial charge >= 0.3 is 0 Å². The Hall–Kier alpha value is 0.350. The van der Waals surface area contributed by atoms with Crippen LogP contribution in [0, 0.1) is 29.1 Å². The third-order valence-electron chi connectivity index (χ3n) is 4.95. The van der Waals surface area contributed by atoms with Crippen molar-refractivity contribution in [1.29, 1.82) is 0 Å². The first-order chi connectivity index (χ1) is 5.15. The normalized spacial score (nSPS) is 71.7. The van der Waals surface area contributed by atoms with E-state index in [4.69, 9.17) is 0 Å². The number of hydrogen-bond donors (Lipinski definition) is 1. The Labute approximate surface area is 74.2 Å². The number of thiol groups is 1. The van der Waals surface area contributed by atoms with E-state index < -0.39 is 0 Å². The summed E-state index contributed by atoms with van der Waals surface area (Å²) in [4.78, 5) is 0. The molecule has 3 aliphatic carbocycles. The fourth-order valence-corrected chi connectivity index (χ4v) is 4.85. The summed E-state index contributed by atoms with van der Waals surface area (Å²) in [5.41, 5.74) is 0.672. The first kappa shape index (κ1) is 6.82. The van der Waals surface area contributed by atoms with Crippen LogP contribution in [0.25, 0.3) is 0 Å². The monoisotopic (exact) mass is 168 g/mol. The van der Waals surface area contributed by atoms with Crippen molar-refractivity contribution in [3.05, 3.63) is 0 Å². The molecule has 0 nitrogen and oxygen atoms in total. The van der Waals surface area contributed by atoms with Crippen molar-refractivity contribution in [2.24, 2.45) is 29.1 Å². The molecule has 0 bridgehead atoms. The molecule has 0 aromatic rings. The average Bonchev–Trinajstić information content (AvgIpc) is 1.95. The number of rotatable bonds is 0. The SMILES string of the molecule is CC1CC2C3CC(S)C3(C)C12. The Kier molecular flexibility index (Phi) is 1.03. The average molecular weight is 168 g/mol. The van der Waals surface area contributed by atoms with E-state index in [1.807, 2.05) is 0 Å². The summed E-state index contributed by atoms with van der Waals surface area (Å²) in [5, 5.41) is 0.733. The molecular weight excluding hydrogens is 152 g/mol. The van der Waals surface area contributed by atoms with Crippen LogP contribution in [0.1, 0.15) is 26.7 Å². The van der Waals surface area contributed by atoms with E-state index in [9.17, 15) is 0 Å². The second-order valence-corrected chi connectivity index (χ2v) is 5.75. The summed E-state index contributed by atoms with van der Waals surface area (Å²) in [6.45, 7) is 4.89.